The van der Waals surface area contributed by atoms with Gasteiger partial charge in [0, 0.05) is 5.92 Å². The lowest BCUT2D eigenvalue weighted by atomic mass is 10.00. The van der Waals surface area contributed by atoms with E-state index in [-0.39, 0.29) is 28.0 Å². The van der Waals surface area contributed by atoms with E-state index in [0.717, 1.165) is 0 Å². The normalized spacial score (nSPS) is 34.9. The van der Waals surface area contributed by atoms with Crippen molar-refractivity contribution in [3.05, 3.63) is 29.3 Å². The minimum absolute atomic E-state index is 0.000698. The van der Waals surface area contributed by atoms with Crippen molar-refractivity contribution in [2.24, 2.45) is 5.92 Å². The summed E-state index contributed by atoms with van der Waals surface area (Å²) in [7, 11) is -12.0. The summed E-state index contributed by atoms with van der Waals surface area (Å²) in [6, 6.07) is -2.09. The van der Waals surface area contributed by atoms with Crippen molar-refractivity contribution < 1.29 is 41.9 Å². The molecule has 2 unspecified atom stereocenters. The predicted molar refractivity (Wildman–Crippen MR) is 187 cm³/mol. The Morgan fingerprint density at radius 3 is 2.13 bits per heavy atom. The first-order valence-electron chi connectivity index (χ1n) is 16.4. The van der Waals surface area contributed by atoms with Gasteiger partial charge in [-0.1, -0.05) is 27.7 Å². The van der Waals surface area contributed by atoms with E-state index in [2.05, 4.69) is 40.1 Å². The van der Waals surface area contributed by atoms with Gasteiger partial charge in [-0.3, -0.25) is 28.0 Å². The summed E-state index contributed by atoms with van der Waals surface area (Å²) in [6.07, 6.45) is -1.08. The molecule has 10 atom stereocenters. The Morgan fingerprint density at radius 1 is 0.904 bits per heavy atom. The van der Waals surface area contributed by atoms with Gasteiger partial charge in [0.25, 0.3) is 5.56 Å². The summed E-state index contributed by atoms with van der Waals surface area (Å²) < 4.78 is 61.5. The third-order valence-corrected chi connectivity index (χ3v) is 16.9. The molecule has 0 bridgehead atoms. The Labute approximate surface area is 297 Å². The Balaban J connectivity index is 1.23. The number of hydrogen-bond acceptors (Lipinski definition) is 15. The van der Waals surface area contributed by atoms with E-state index in [1.165, 1.54) is 23.5 Å². The van der Waals surface area contributed by atoms with Crippen LogP contribution in [0.4, 0.5) is 11.8 Å². The van der Waals surface area contributed by atoms with Gasteiger partial charge in [-0.05, 0) is 18.1 Å². The van der Waals surface area contributed by atoms with E-state index in [9.17, 15) is 23.7 Å². The van der Waals surface area contributed by atoms with Crippen LogP contribution < -0.4 is 27.2 Å². The molecule has 0 aromatic carbocycles. The number of aromatic amines is 1. The Morgan fingerprint density at radius 2 is 1.48 bits per heavy atom. The number of ether oxygens (including phenoxy) is 2. The maximum Gasteiger partial charge on any atom is 0.403 e. The van der Waals surface area contributed by atoms with Crippen LogP contribution in [-0.2, 0) is 32.1 Å². The first-order valence-corrected chi connectivity index (χ1v) is 22.5. The average Bonchev–Trinajstić information content (AvgIpc) is 3.80. The van der Waals surface area contributed by atoms with Crippen molar-refractivity contribution in [2.75, 3.05) is 24.7 Å². The number of nitrogen functional groups attached to an aromatic ring is 2. The van der Waals surface area contributed by atoms with E-state index in [4.69, 9.17) is 34.4 Å². The quantitative estimate of drug-likeness (QED) is 0.113. The summed E-state index contributed by atoms with van der Waals surface area (Å²) in [6.45, 7) is 10.8. The zero-order chi connectivity index (χ0) is 37.5. The van der Waals surface area contributed by atoms with E-state index < -0.39 is 91.4 Å². The molecule has 25 heteroatoms. The van der Waals surface area contributed by atoms with Crippen molar-refractivity contribution in [2.45, 2.75) is 88.7 Å². The molecule has 4 aromatic heterocycles. The van der Waals surface area contributed by atoms with E-state index in [0.29, 0.717) is 11.2 Å². The van der Waals surface area contributed by atoms with Crippen LogP contribution in [-0.4, -0.2) is 101 Å². The third kappa shape index (κ3) is 6.73. The van der Waals surface area contributed by atoms with Gasteiger partial charge in [0.05, 0.1) is 38.0 Å². The highest BCUT2D eigenvalue weighted by Gasteiger charge is 2.55. The largest absolute Gasteiger partial charge is 0.408 e. The van der Waals surface area contributed by atoms with Crippen LogP contribution in [0.5, 0.6) is 0 Å². The molecule has 3 aliphatic heterocycles. The lowest BCUT2D eigenvalue weighted by molar-refractivity contribution is -0.0450. The summed E-state index contributed by atoms with van der Waals surface area (Å²) in [5.41, 5.74) is 12.0. The highest BCUT2D eigenvalue weighted by Crippen LogP contribution is 2.50. The van der Waals surface area contributed by atoms with Crippen LogP contribution in [0, 0.1) is 5.92 Å². The van der Waals surface area contributed by atoms with Crippen molar-refractivity contribution in [1.29, 1.82) is 0 Å². The molecule has 0 aliphatic carbocycles. The Kier molecular flexibility index (Phi) is 9.28. The van der Waals surface area contributed by atoms with Crippen molar-refractivity contribution in [3.8, 4) is 0 Å². The number of aromatic nitrogens is 8. The number of anilines is 2. The van der Waals surface area contributed by atoms with Crippen LogP contribution >= 0.6 is 15.5 Å². The molecular weight excluding hydrogens is 742 g/mol. The maximum absolute atomic E-state index is 13.9. The fourth-order valence-corrected chi connectivity index (χ4v) is 10.1. The van der Waals surface area contributed by atoms with Crippen LogP contribution in [0.2, 0.25) is 18.1 Å². The Hall–Kier alpha value is -3.18. The lowest BCUT2D eigenvalue weighted by Gasteiger charge is -2.41. The molecule has 7 rings (SSSR count). The molecule has 3 aliphatic rings. The topological polar surface area (TPSA) is 304 Å². The molecular formula is C27H42N12O10P2Si. The third-order valence-electron chi connectivity index (χ3n) is 10.2. The van der Waals surface area contributed by atoms with Crippen molar-refractivity contribution >= 4 is 57.9 Å². The van der Waals surface area contributed by atoms with Gasteiger partial charge in [0.1, 0.15) is 36.4 Å². The molecule has 0 radical (unpaired) electrons. The van der Waals surface area contributed by atoms with Crippen molar-refractivity contribution in [1.82, 2.24) is 49.2 Å². The number of rotatable bonds is 4. The monoisotopic (exact) mass is 784 g/mol. The number of hydrogen-bond donors (Lipinski definition) is 7. The number of fused-ring (bicyclic) bond motifs is 4. The first-order chi connectivity index (χ1) is 24.3. The molecule has 0 amide bonds. The van der Waals surface area contributed by atoms with Gasteiger partial charge in [0.2, 0.25) is 5.95 Å². The van der Waals surface area contributed by atoms with Crippen LogP contribution in [0.25, 0.3) is 22.3 Å². The number of nitrogens with zero attached hydrogens (tertiary/aromatic N) is 7. The average molecular weight is 785 g/mol. The molecule has 9 N–H and O–H groups in total. The van der Waals surface area contributed by atoms with E-state index >= 15 is 0 Å². The van der Waals surface area contributed by atoms with Crippen LogP contribution in [0.1, 0.15) is 40.2 Å². The highest BCUT2D eigenvalue weighted by molar-refractivity contribution is 7.50. The maximum atomic E-state index is 13.9. The molecule has 0 spiro atoms. The standard InChI is InChI=1S/C27H42N12O10P2Si/c1-12-15-13(47-24(12)39-11-33-18-22(39)34-26(29)35-23(18)40)7-45-51(43,44)37-16-14(8-46-50(41,42)36-15)48-25(19(16)49-52(5,6)27(2,3)4)38-10-32-17-20(28)30-9-31-21(17)38/h9-16,19,24-25H,7-8H2,1-6H3,(H2,28,30,31)(H2,36,41,42)(H2,37,43,44)(H3,29,34,35,40)/t12-,13-,14-,15+,16-,19-,24-,25-/m1/s1. The fourth-order valence-electron chi connectivity index (χ4n) is 6.45. The predicted octanol–water partition coefficient (Wildman–Crippen LogP) is 1.11. The fraction of sp³-hybridized carbons (Fsp3) is 0.630. The number of H-pyrrole nitrogens is 1. The SMILES string of the molecule is C[C@@H]1[C@@H]2NP(=O)(O)OC[C@H]3O[C@@H](n4cnc5c(N)ncnc54)[C@H](O[Si](C)(C)C(C)(C)C)[C@@H]3NP(=O)(O)OC[C@H]2O[C@H]1n1cnc2c(=O)[nH]c(N)nc21. The minimum Gasteiger partial charge on any atom is -0.408 e. The van der Waals surface area contributed by atoms with Gasteiger partial charge in [-0.25, -0.2) is 39.2 Å². The van der Waals surface area contributed by atoms with Gasteiger partial charge in [0.15, 0.2) is 37.2 Å². The van der Waals surface area contributed by atoms with Gasteiger partial charge in [-0.2, -0.15) is 4.98 Å². The zero-order valence-electron chi connectivity index (χ0n) is 29.1. The van der Waals surface area contributed by atoms with E-state index in [1.807, 2.05) is 33.9 Å². The Bertz CT molecular complexity index is 2160. The lowest BCUT2D eigenvalue weighted by Crippen LogP contribution is -2.53. The molecule has 7 heterocycles. The van der Waals surface area contributed by atoms with Crippen molar-refractivity contribution in [3.63, 3.8) is 0 Å². The second-order valence-corrected chi connectivity index (χ2v) is 22.5. The summed E-state index contributed by atoms with van der Waals surface area (Å²) in [4.78, 5) is 58.3. The second-order valence-electron chi connectivity index (χ2n) is 14.6. The van der Waals surface area contributed by atoms with Crippen LogP contribution in [0.3, 0.4) is 0 Å². The van der Waals surface area contributed by atoms with E-state index in [1.54, 1.807) is 11.5 Å². The second kappa shape index (κ2) is 13.0. The molecule has 22 nitrogen and oxygen atoms in total. The molecule has 0 saturated carbocycles. The number of imidazole rings is 2. The molecule has 3 saturated heterocycles. The molecule has 52 heavy (non-hydrogen) atoms. The number of nitrogens with one attached hydrogen (secondary N) is 3. The minimum atomic E-state index is -4.70. The molecule has 4 aromatic rings. The smallest absolute Gasteiger partial charge is 0.403 e. The first kappa shape index (κ1) is 37.1. The summed E-state index contributed by atoms with van der Waals surface area (Å²) in [5, 5.41) is 5.06. The van der Waals surface area contributed by atoms with Crippen LogP contribution in [0.15, 0.2) is 23.8 Å². The summed E-state index contributed by atoms with van der Waals surface area (Å²) >= 11 is 0. The highest BCUT2D eigenvalue weighted by atomic mass is 31.2. The van der Waals surface area contributed by atoms with Gasteiger partial charge >= 0.3 is 15.5 Å². The molecule has 3 fully saturated rings. The van der Waals surface area contributed by atoms with Gasteiger partial charge < -0.3 is 35.2 Å². The zero-order valence-corrected chi connectivity index (χ0v) is 31.9. The number of nitrogens with two attached hydrogens (primary N) is 2. The molecule has 284 valence electrons. The summed E-state index contributed by atoms with van der Waals surface area (Å²) in [5.74, 6) is -0.642. The van der Waals surface area contributed by atoms with Gasteiger partial charge in [-0.15, -0.1) is 0 Å².